The van der Waals surface area contributed by atoms with E-state index in [4.69, 9.17) is 16.1 Å². The van der Waals surface area contributed by atoms with E-state index in [2.05, 4.69) is 4.52 Å². The summed E-state index contributed by atoms with van der Waals surface area (Å²) in [6.45, 7) is 3.48. The first-order valence-electron chi connectivity index (χ1n) is 3.15. The van der Waals surface area contributed by atoms with Crippen molar-refractivity contribution in [3.05, 3.63) is 10.8 Å². The van der Waals surface area contributed by atoms with E-state index >= 15 is 0 Å². The minimum absolute atomic E-state index is 0.433. The fourth-order valence-electron chi connectivity index (χ4n) is 0.772. The first-order valence-corrected chi connectivity index (χ1v) is 5.14. The van der Waals surface area contributed by atoms with Crippen LogP contribution >= 0.6 is 19.2 Å². The maximum absolute atomic E-state index is 11.4. The van der Waals surface area contributed by atoms with E-state index in [1.165, 1.54) is 12.9 Å². The minimum atomic E-state index is -3.02. The zero-order chi connectivity index (χ0) is 8.70. The molecule has 0 aromatic heterocycles. The monoisotopic (exact) mass is 196 g/mol. The van der Waals surface area contributed by atoms with Crippen molar-refractivity contribution in [3.63, 3.8) is 0 Å². The standard InChI is InChI=1S/C6H10ClO3P/c1-6(2)5(7)4-11(8,9-3)10-6/h4H,1-3H3. The maximum atomic E-state index is 11.4. The molecule has 11 heavy (non-hydrogen) atoms. The largest absolute Gasteiger partial charge is 0.356 e. The van der Waals surface area contributed by atoms with Crippen molar-refractivity contribution in [1.29, 1.82) is 0 Å². The molecule has 1 atom stereocenters. The highest BCUT2D eigenvalue weighted by Gasteiger charge is 2.41. The second-order valence-corrected chi connectivity index (χ2v) is 5.09. The molecule has 5 heteroatoms. The Morgan fingerprint density at radius 2 is 2.27 bits per heavy atom. The van der Waals surface area contributed by atoms with Crippen LogP contribution in [0.15, 0.2) is 10.8 Å². The average molecular weight is 197 g/mol. The van der Waals surface area contributed by atoms with Gasteiger partial charge >= 0.3 is 7.60 Å². The summed E-state index contributed by atoms with van der Waals surface area (Å²) < 4.78 is 21.2. The third-order valence-corrected chi connectivity index (χ3v) is 3.97. The Balaban J connectivity index is 2.96. The quantitative estimate of drug-likeness (QED) is 0.605. The summed E-state index contributed by atoms with van der Waals surface area (Å²) in [5.74, 6) is 1.34. The summed E-state index contributed by atoms with van der Waals surface area (Å²) >= 11 is 5.75. The second kappa shape index (κ2) is 2.60. The Hall–Kier alpha value is 0.180. The Bertz CT molecular complexity index is 246. The van der Waals surface area contributed by atoms with Gasteiger partial charge in [0, 0.05) is 12.9 Å². The Morgan fingerprint density at radius 3 is 2.45 bits per heavy atom. The molecule has 1 unspecified atom stereocenters. The number of halogens is 1. The molecule has 0 radical (unpaired) electrons. The first kappa shape index (κ1) is 9.27. The Morgan fingerprint density at radius 1 is 1.73 bits per heavy atom. The SMILES string of the molecule is COP1(=O)C=C(Cl)C(C)(C)O1. The van der Waals surface area contributed by atoms with Crippen molar-refractivity contribution in [2.24, 2.45) is 0 Å². The summed E-state index contributed by atoms with van der Waals surface area (Å²) in [5.41, 5.74) is -0.674. The van der Waals surface area contributed by atoms with Gasteiger partial charge in [-0.3, -0.25) is 9.09 Å². The molecule has 1 rings (SSSR count). The van der Waals surface area contributed by atoms with Gasteiger partial charge < -0.3 is 4.52 Å². The molecule has 1 heterocycles. The first-order chi connectivity index (χ1) is 4.90. The molecule has 0 N–H and O–H groups in total. The molecular weight excluding hydrogens is 186 g/mol. The van der Waals surface area contributed by atoms with Gasteiger partial charge in [-0.15, -0.1) is 0 Å². The van der Waals surface area contributed by atoms with Gasteiger partial charge in [-0.05, 0) is 13.8 Å². The van der Waals surface area contributed by atoms with E-state index in [0.29, 0.717) is 5.03 Å². The van der Waals surface area contributed by atoms with Gasteiger partial charge in [-0.1, -0.05) is 11.6 Å². The van der Waals surface area contributed by atoms with Gasteiger partial charge in [0.25, 0.3) is 0 Å². The van der Waals surface area contributed by atoms with E-state index in [0.717, 1.165) is 0 Å². The van der Waals surface area contributed by atoms with Crippen LogP contribution in [-0.2, 0) is 13.6 Å². The van der Waals surface area contributed by atoms with E-state index < -0.39 is 13.2 Å². The normalized spacial score (nSPS) is 35.5. The van der Waals surface area contributed by atoms with Crippen LogP contribution in [0.3, 0.4) is 0 Å². The molecule has 0 aliphatic carbocycles. The van der Waals surface area contributed by atoms with Crippen LogP contribution in [0.5, 0.6) is 0 Å². The summed E-state index contributed by atoms with van der Waals surface area (Å²) in [4.78, 5) is 0. The number of hydrogen-bond donors (Lipinski definition) is 0. The molecule has 0 bridgehead atoms. The maximum Gasteiger partial charge on any atom is 0.356 e. The van der Waals surface area contributed by atoms with Crippen molar-refractivity contribution >= 4 is 19.2 Å². The molecule has 1 aliphatic rings. The van der Waals surface area contributed by atoms with Crippen molar-refractivity contribution in [1.82, 2.24) is 0 Å². The molecule has 64 valence electrons. The van der Waals surface area contributed by atoms with Crippen LogP contribution in [0, 0.1) is 0 Å². The number of rotatable bonds is 1. The van der Waals surface area contributed by atoms with Gasteiger partial charge in [0.05, 0.1) is 5.03 Å². The fourth-order valence-corrected chi connectivity index (χ4v) is 2.78. The smallest absolute Gasteiger partial charge is 0.309 e. The lowest BCUT2D eigenvalue weighted by atomic mass is 10.1. The van der Waals surface area contributed by atoms with E-state index in [-0.39, 0.29) is 0 Å². The number of hydrogen-bond acceptors (Lipinski definition) is 3. The molecule has 0 saturated carbocycles. The molecule has 0 aromatic rings. The van der Waals surface area contributed by atoms with Crippen molar-refractivity contribution in [2.75, 3.05) is 7.11 Å². The molecule has 3 nitrogen and oxygen atoms in total. The summed E-state index contributed by atoms with van der Waals surface area (Å²) in [5, 5.41) is 0.433. The lowest BCUT2D eigenvalue weighted by Gasteiger charge is -2.19. The summed E-state index contributed by atoms with van der Waals surface area (Å²) in [7, 11) is -1.69. The molecule has 0 spiro atoms. The molecule has 0 saturated heterocycles. The Kier molecular flexibility index (Phi) is 2.19. The minimum Gasteiger partial charge on any atom is -0.309 e. The highest BCUT2D eigenvalue weighted by molar-refractivity contribution is 7.57. The van der Waals surface area contributed by atoms with E-state index in [1.54, 1.807) is 13.8 Å². The van der Waals surface area contributed by atoms with E-state index in [9.17, 15) is 4.57 Å². The molecule has 0 fully saturated rings. The van der Waals surface area contributed by atoms with Crippen LogP contribution in [0.25, 0.3) is 0 Å². The van der Waals surface area contributed by atoms with Crippen LogP contribution in [0.4, 0.5) is 0 Å². The summed E-state index contributed by atoms with van der Waals surface area (Å²) in [6, 6.07) is 0. The Labute approximate surface area is 70.9 Å². The van der Waals surface area contributed by atoms with E-state index in [1.807, 2.05) is 0 Å². The van der Waals surface area contributed by atoms with Crippen LogP contribution in [-0.4, -0.2) is 12.7 Å². The molecule has 0 amide bonds. The van der Waals surface area contributed by atoms with Crippen LogP contribution in [0.1, 0.15) is 13.8 Å². The second-order valence-electron chi connectivity index (χ2n) is 2.80. The third-order valence-electron chi connectivity index (χ3n) is 1.46. The predicted octanol–water partition coefficient (Wildman–Crippen LogP) is 2.71. The topological polar surface area (TPSA) is 35.5 Å². The molecule has 1 aliphatic heterocycles. The predicted molar refractivity (Wildman–Crippen MR) is 43.7 cm³/mol. The molecular formula is C6H10ClO3P. The average Bonchev–Trinajstić information content (AvgIpc) is 2.04. The zero-order valence-electron chi connectivity index (χ0n) is 6.63. The highest BCUT2D eigenvalue weighted by Crippen LogP contribution is 2.60. The zero-order valence-corrected chi connectivity index (χ0v) is 8.28. The van der Waals surface area contributed by atoms with Crippen molar-refractivity contribution < 1.29 is 13.6 Å². The fraction of sp³-hybridized carbons (Fsp3) is 0.667. The molecule has 0 aromatic carbocycles. The van der Waals surface area contributed by atoms with Gasteiger partial charge in [0.15, 0.2) is 0 Å². The lowest BCUT2D eigenvalue weighted by molar-refractivity contribution is 0.141. The van der Waals surface area contributed by atoms with Crippen molar-refractivity contribution in [2.45, 2.75) is 19.4 Å². The van der Waals surface area contributed by atoms with Crippen molar-refractivity contribution in [3.8, 4) is 0 Å². The van der Waals surface area contributed by atoms with Gasteiger partial charge in [-0.25, -0.2) is 0 Å². The van der Waals surface area contributed by atoms with Gasteiger partial charge in [0.1, 0.15) is 5.60 Å². The summed E-state index contributed by atoms with van der Waals surface area (Å²) in [6.07, 6.45) is 0. The van der Waals surface area contributed by atoms with Crippen LogP contribution < -0.4 is 0 Å². The highest BCUT2D eigenvalue weighted by atomic mass is 35.5. The van der Waals surface area contributed by atoms with Gasteiger partial charge in [-0.2, -0.15) is 0 Å². The van der Waals surface area contributed by atoms with Gasteiger partial charge in [0.2, 0.25) is 0 Å². The van der Waals surface area contributed by atoms with Crippen LogP contribution in [0.2, 0.25) is 0 Å². The third kappa shape index (κ3) is 1.67. The lowest BCUT2D eigenvalue weighted by Crippen LogP contribution is -2.18.